The lowest BCUT2D eigenvalue weighted by atomic mass is 10.0. The van der Waals surface area contributed by atoms with Crippen LogP contribution in [0.5, 0.6) is 0 Å². The van der Waals surface area contributed by atoms with Crippen molar-refractivity contribution >= 4 is 17.3 Å². The second-order valence-corrected chi connectivity index (χ2v) is 4.17. The molecule has 0 amide bonds. The third-order valence-electron chi connectivity index (χ3n) is 2.41. The predicted octanol–water partition coefficient (Wildman–Crippen LogP) is 2.29. The van der Waals surface area contributed by atoms with Crippen LogP contribution < -0.4 is 0 Å². The first-order chi connectivity index (χ1) is 6.86. The molecule has 0 aliphatic carbocycles. The zero-order valence-electron chi connectivity index (χ0n) is 7.94. The van der Waals surface area contributed by atoms with Crippen LogP contribution >= 0.6 is 11.5 Å². The largest absolute Gasteiger partial charge is 0.378 e. The van der Waals surface area contributed by atoms with Crippen LogP contribution in [-0.2, 0) is 4.74 Å². The molecule has 2 heterocycles. The second-order valence-electron chi connectivity index (χ2n) is 3.50. The molecule has 0 aromatic carbocycles. The number of aromatic nitrogens is 1. The average molecular weight is 211 g/mol. The molecule has 0 radical (unpaired) electrons. The van der Waals surface area contributed by atoms with Gasteiger partial charge in [0.05, 0.1) is 6.10 Å². The zero-order valence-corrected chi connectivity index (χ0v) is 8.76. The minimum Gasteiger partial charge on any atom is -0.378 e. The van der Waals surface area contributed by atoms with Crippen molar-refractivity contribution in [1.29, 1.82) is 0 Å². The summed E-state index contributed by atoms with van der Waals surface area (Å²) < 4.78 is 9.52. The molecule has 4 heteroatoms. The molecule has 1 atom stereocenters. The monoisotopic (exact) mass is 211 g/mol. The van der Waals surface area contributed by atoms with Crippen LogP contribution in [0.25, 0.3) is 0 Å². The van der Waals surface area contributed by atoms with Crippen molar-refractivity contribution < 1.29 is 9.53 Å². The first-order valence-electron chi connectivity index (χ1n) is 4.91. The molecule has 3 nitrogen and oxygen atoms in total. The van der Waals surface area contributed by atoms with Gasteiger partial charge >= 0.3 is 0 Å². The molecule has 1 unspecified atom stereocenters. The SMILES string of the molecule is O=C(CC1CCCCO1)c1ccsn1. The molecule has 1 saturated heterocycles. The Bertz CT molecular complexity index is 291. The number of nitrogens with zero attached hydrogens (tertiary/aromatic N) is 1. The molecular weight excluding hydrogens is 198 g/mol. The Balaban J connectivity index is 1.87. The van der Waals surface area contributed by atoms with E-state index in [0.717, 1.165) is 19.4 Å². The van der Waals surface area contributed by atoms with Crippen molar-refractivity contribution in [2.45, 2.75) is 31.8 Å². The van der Waals surface area contributed by atoms with Crippen LogP contribution in [0.15, 0.2) is 11.4 Å². The van der Waals surface area contributed by atoms with E-state index in [2.05, 4.69) is 4.37 Å². The lowest BCUT2D eigenvalue weighted by Gasteiger charge is -2.21. The molecule has 0 N–H and O–H groups in total. The van der Waals surface area contributed by atoms with Crippen molar-refractivity contribution in [3.05, 3.63) is 17.1 Å². The molecule has 1 aromatic rings. The van der Waals surface area contributed by atoms with E-state index in [0.29, 0.717) is 12.1 Å². The van der Waals surface area contributed by atoms with Crippen LogP contribution in [0, 0.1) is 0 Å². The first-order valence-corrected chi connectivity index (χ1v) is 5.75. The molecule has 0 saturated carbocycles. The Morgan fingerprint density at radius 2 is 2.57 bits per heavy atom. The van der Waals surface area contributed by atoms with Crippen LogP contribution in [0.3, 0.4) is 0 Å². The molecule has 76 valence electrons. The lowest BCUT2D eigenvalue weighted by molar-refractivity contribution is 0.0128. The van der Waals surface area contributed by atoms with Crippen molar-refractivity contribution in [3.63, 3.8) is 0 Å². The number of carbonyl (C=O) groups is 1. The number of carbonyl (C=O) groups excluding carboxylic acids is 1. The fourth-order valence-electron chi connectivity index (χ4n) is 1.64. The van der Waals surface area contributed by atoms with Gasteiger partial charge in [-0.3, -0.25) is 4.79 Å². The number of hydrogen-bond donors (Lipinski definition) is 0. The molecule has 1 aromatic heterocycles. The molecule has 1 aliphatic rings. The molecule has 2 rings (SSSR count). The van der Waals surface area contributed by atoms with Crippen molar-refractivity contribution in [2.75, 3.05) is 6.61 Å². The number of ketones is 1. The highest BCUT2D eigenvalue weighted by molar-refractivity contribution is 7.03. The van der Waals surface area contributed by atoms with Gasteiger partial charge < -0.3 is 4.74 Å². The highest BCUT2D eigenvalue weighted by Gasteiger charge is 2.19. The summed E-state index contributed by atoms with van der Waals surface area (Å²) >= 11 is 1.32. The highest BCUT2D eigenvalue weighted by Crippen LogP contribution is 2.17. The predicted molar refractivity (Wildman–Crippen MR) is 54.7 cm³/mol. The fraction of sp³-hybridized carbons (Fsp3) is 0.600. The van der Waals surface area contributed by atoms with Gasteiger partial charge in [-0.15, -0.1) is 0 Å². The van der Waals surface area contributed by atoms with E-state index in [-0.39, 0.29) is 11.9 Å². The topological polar surface area (TPSA) is 39.2 Å². The Kier molecular flexibility index (Phi) is 3.26. The van der Waals surface area contributed by atoms with Crippen LogP contribution in [0.2, 0.25) is 0 Å². The summed E-state index contributed by atoms with van der Waals surface area (Å²) in [5, 5.41) is 1.83. The van der Waals surface area contributed by atoms with Crippen LogP contribution in [0.1, 0.15) is 36.2 Å². The van der Waals surface area contributed by atoms with Crippen molar-refractivity contribution in [3.8, 4) is 0 Å². The van der Waals surface area contributed by atoms with Gasteiger partial charge in [0.1, 0.15) is 5.69 Å². The fourth-order valence-corrected chi connectivity index (χ4v) is 2.16. The van der Waals surface area contributed by atoms with E-state index in [4.69, 9.17) is 4.74 Å². The lowest BCUT2D eigenvalue weighted by Crippen LogP contribution is -2.22. The smallest absolute Gasteiger partial charge is 0.184 e. The quantitative estimate of drug-likeness (QED) is 0.720. The minimum atomic E-state index is 0.109. The van der Waals surface area contributed by atoms with E-state index in [1.807, 2.05) is 5.38 Å². The summed E-state index contributed by atoms with van der Waals surface area (Å²) in [6.45, 7) is 0.801. The summed E-state index contributed by atoms with van der Waals surface area (Å²) in [5.41, 5.74) is 0.587. The van der Waals surface area contributed by atoms with Gasteiger partial charge in [-0.1, -0.05) is 0 Å². The molecule has 14 heavy (non-hydrogen) atoms. The van der Waals surface area contributed by atoms with Gasteiger partial charge in [-0.05, 0) is 36.9 Å². The first kappa shape index (κ1) is 9.80. The standard InChI is InChI=1S/C10H13NO2S/c12-10(9-4-6-14-11-9)7-8-3-1-2-5-13-8/h4,6,8H,1-3,5,7H2. The van der Waals surface area contributed by atoms with Crippen LogP contribution in [-0.4, -0.2) is 22.9 Å². The summed E-state index contributed by atoms with van der Waals surface area (Å²) in [6.07, 6.45) is 3.92. The van der Waals surface area contributed by atoms with Crippen molar-refractivity contribution in [2.24, 2.45) is 0 Å². The molecular formula is C10H13NO2S. The van der Waals surface area contributed by atoms with Gasteiger partial charge in [0.25, 0.3) is 0 Å². The number of ether oxygens (including phenoxy) is 1. The highest BCUT2D eigenvalue weighted by atomic mass is 32.1. The maximum Gasteiger partial charge on any atom is 0.184 e. The Morgan fingerprint density at radius 3 is 3.21 bits per heavy atom. The van der Waals surface area contributed by atoms with Crippen LogP contribution in [0.4, 0.5) is 0 Å². The minimum absolute atomic E-state index is 0.109. The van der Waals surface area contributed by atoms with Gasteiger partial charge in [-0.2, -0.15) is 4.37 Å². The number of rotatable bonds is 3. The number of Topliss-reactive ketones (excluding diaryl/α,β-unsaturated/α-hetero) is 1. The van der Waals surface area contributed by atoms with E-state index >= 15 is 0 Å². The molecule has 1 fully saturated rings. The molecule has 0 bridgehead atoms. The Labute approximate surface area is 87.3 Å². The summed E-state index contributed by atoms with van der Waals surface area (Å²) in [4.78, 5) is 11.6. The number of hydrogen-bond acceptors (Lipinski definition) is 4. The van der Waals surface area contributed by atoms with E-state index < -0.39 is 0 Å². The Hall–Kier alpha value is -0.740. The summed E-state index contributed by atoms with van der Waals surface area (Å²) in [7, 11) is 0. The average Bonchev–Trinajstić information content (AvgIpc) is 2.72. The third kappa shape index (κ3) is 2.39. The summed E-state index contributed by atoms with van der Waals surface area (Å²) in [6, 6.07) is 1.77. The molecule has 0 spiro atoms. The van der Waals surface area contributed by atoms with E-state index in [1.54, 1.807) is 6.07 Å². The summed E-state index contributed by atoms with van der Waals surface area (Å²) in [5.74, 6) is 0.109. The maximum absolute atomic E-state index is 11.6. The maximum atomic E-state index is 11.6. The normalized spacial score (nSPS) is 22.1. The zero-order chi connectivity index (χ0) is 9.80. The van der Waals surface area contributed by atoms with Gasteiger partial charge in [0.15, 0.2) is 5.78 Å². The van der Waals surface area contributed by atoms with E-state index in [9.17, 15) is 4.79 Å². The van der Waals surface area contributed by atoms with Gasteiger partial charge in [-0.25, -0.2) is 0 Å². The third-order valence-corrected chi connectivity index (χ3v) is 2.97. The van der Waals surface area contributed by atoms with Gasteiger partial charge in [0.2, 0.25) is 0 Å². The Morgan fingerprint density at radius 1 is 1.64 bits per heavy atom. The molecule has 1 aliphatic heterocycles. The van der Waals surface area contributed by atoms with E-state index in [1.165, 1.54) is 18.0 Å². The second kappa shape index (κ2) is 4.66. The van der Waals surface area contributed by atoms with Gasteiger partial charge in [0, 0.05) is 18.4 Å². The van der Waals surface area contributed by atoms with Crippen molar-refractivity contribution in [1.82, 2.24) is 4.37 Å².